The van der Waals surface area contributed by atoms with Gasteiger partial charge in [0.1, 0.15) is 11.9 Å². The number of carbonyl (C=O) groups is 2. The molecule has 0 aliphatic carbocycles. The first-order valence-electron chi connectivity index (χ1n) is 13.1. The fourth-order valence-electron chi connectivity index (χ4n) is 6.07. The first-order valence-corrected chi connectivity index (χ1v) is 13.1. The van der Waals surface area contributed by atoms with E-state index in [4.69, 9.17) is 0 Å². The van der Waals surface area contributed by atoms with Crippen LogP contribution in [0, 0.1) is 31.5 Å². The van der Waals surface area contributed by atoms with Gasteiger partial charge in [0, 0.05) is 32.6 Å². The predicted molar refractivity (Wildman–Crippen MR) is 138 cm³/mol. The van der Waals surface area contributed by atoms with E-state index < -0.39 is 35.7 Å². The van der Waals surface area contributed by atoms with Gasteiger partial charge in [0.25, 0.3) is 5.91 Å². The monoisotopic (exact) mass is 549 g/mol. The Morgan fingerprint density at radius 3 is 2.38 bits per heavy atom. The largest absolute Gasteiger partial charge is 0.416 e. The molecule has 0 spiro atoms. The second-order valence-corrected chi connectivity index (χ2v) is 11.0. The van der Waals surface area contributed by atoms with Crippen molar-refractivity contribution in [1.82, 2.24) is 14.7 Å². The van der Waals surface area contributed by atoms with E-state index in [0.29, 0.717) is 42.7 Å². The number of urea groups is 1. The molecule has 0 bridgehead atoms. The maximum atomic E-state index is 14.0. The molecule has 2 heterocycles. The van der Waals surface area contributed by atoms with Crippen molar-refractivity contribution < 1.29 is 32.3 Å². The zero-order chi connectivity index (χ0) is 28.8. The van der Waals surface area contributed by atoms with Crippen LogP contribution < -0.4 is 0 Å². The maximum Gasteiger partial charge on any atom is 0.416 e. The quantitative estimate of drug-likeness (QED) is 0.514. The molecule has 6 nitrogen and oxygen atoms in total. The number of aryl methyl sites for hydroxylation is 2. The van der Waals surface area contributed by atoms with Crippen molar-refractivity contribution in [3.05, 3.63) is 70.0 Å². The van der Waals surface area contributed by atoms with Crippen LogP contribution >= 0.6 is 0 Å². The predicted octanol–water partition coefficient (Wildman–Crippen LogP) is 5.48. The van der Waals surface area contributed by atoms with E-state index in [0.717, 1.165) is 17.7 Å². The van der Waals surface area contributed by atoms with Gasteiger partial charge in [-0.05, 0) is 81.0 Å². The van der Waals surface area contributed by atoms with Gasteiger partial charge in [0.15, 0.2) is 0 Å². The Morgan fingerprint density at radius 1 is 1.08 bits per heavy atom. The molecule has 2 aliphatic rings. The molecule has 0 aromatic heterocycles. The summed E-state index contributed by atoms with van der Waals surface area (Å²) in [7, 11) is 1.57. The fourth-order valence-corrected chi connectivity index (χ4v) is 6.07. The third-order valence-electron chi connectivity index (χ3n) is 8.23. The number of hydrogen-bond donors (Lipinski definition) is 1. The van der Waals surface area contributed by atoms with E-state index >= 15 is 0 Å². The number of piperidine rings is 1. The maximum absolute atomic E-state index is 14.0. The van der Waals surface area contributed by atoms with E-state index in [1.807, 2.05) is 0 Å². The first-order chi connectivity index (χ1) is 18.2. The number of carbonyl (C=O) groups excluding carboxylic acids is 2. The third kappa shape index (κ3) is 5.76. The molecule has 2 saturated heterocycles. The van der Waals surface area contributed by atoms with Gasteiger partial charge in [-0.2, -0.15) is 13.2 Å². The van der Waals surface area contributed by atoms with Crippen LogP contribution in [0.15, 0.2) is 36.4 Å². The van der Waals surface area contributed by atoms with Gasteiger partial charge in [0.05, 0.1) is 17.6 Å². The molecule has 1 unspecified atom stereocenters. The van der Waals surface area contributed by atoms with Gasteiger partial charge in [0.2, 0.25) is 0 Å². The lowest BCUT2D eigenvalue weighted by atomic mass is 9.78. The third-order valence-corrected chi connectivity index (χ3v) is 8.23. The fraction of sp³-hybridized carbons (Fsp3) is 0.517. The van der Waals surface area contributed by atoms with Crippen molar-refractivity contribution in [2.45, 2.75) is 58.5 Å². The Morgan fingerprint density at radius 2 is 1.77 bits per heavy atom. The minimum absolute atomic E-state index is 0.0834. The summed E-state index contributed by atoms with van der Waals surface area (Å²) in [6.45, 7) is 7.65. The van der Waals surface area contributed by atoms with Crippen LogP contribution in [0.25, 0.3) is 0 Å². The van der Waals surface area contributed by atoms with E-state index in [1.54, 1.807) is 49.8 Å². The number of fused-ring (bicyclic) bond motifs is 1. The average Bonchev–Trinajstić information content (AvgIpc) is 3.30. The number of benzene rings is 2. The molecule has 2 aromatic carbocycles. The number of aliphatic hydroxyl groups excluding tert-OH is 1. The van der Waals surface area contributed by atoms with Gasteiger partial charge < -0.3 is 19.8 Å². The zero-order valence-corrected chi connectivity index (χ0v) is 22.8. The Hall–Kier alpha value is -3.14. The first kappa shape index (κ1) is 28.9. The van der Waals surface area contributed by atoms with Crippen LogP contribution in [0.5, 0.6) is 0 Å². The molecule has 3 amide bonds. The highest BCUT2D eigenvalue weighted by atomic mass is 19.4. The van der Waals surface area contributed by atoms with Gasteiger partial charge in [-0.15, -0.1) is 0 Å². The summed E-state index contributed by atoms with van der Waals surface area (Å²) in [4.78, 5) is 31.3. The van der Waals surface area contributed by atoms with Crippen LogP contribution in [0.2, 0.25) is 0 Å². The highest BCUT2D eigenvalue weighted by Gasteiger charge is 2.48. The molecule has 4 rings (SSSR count). The second-order valence-electron chi connectivity index (χ2n) is 11.0. The number of hydrogen-bond acceptors (Lipinski definition) is 3. The topological polar surface area (TPSA) is 64.1 Å². The summed E-state index contributed by atoms with van der Waals surface area (Å²) in [5.41, 5.74) is 1.49. The van der Waals surface area contributed by atoms with Crippen LogP contribution in [0.1, 0.15) is 60.2 Å². The lowest BCUT2D eigenvalue weighted by Gasteiger charge is -2.45. The minimum Gasteiger partial charge on any atom is -0.384 e. The van der Waals surface area contributed by atoms with Crippen LogP contribution in [0.4, 0.5) is 22.4 Å². The molecule has 39 heavy (non-hydrogen) atoms. The Kier molecular flexibility index (Phi) is 7.98. The summed E-state index contributed by atoms with van der Waals surface area (Å²) < 4.78 is 54.4. The Bertz CT molecular complexity index is 1250. The van der Waals surface area contributed by atoms with Crippen molar-refractivity contribution in [2.75, 3.05) is 26.7 Å². The number of nitrogens with zero attached hydrogens (tertiary/aromatic N) is 3. The van der Waals surface area contributed by atoms with E-state index in [1.165, 1.54) is 24.0 Å². The Balaban J connectivity index is 1.68. The summed E-state index contributed by atoms with van der Waals surface area (Å²) in [6, 6.07) is 6.75. The molecule has 212 valence electrons. The van der Waals surface area contributed by atoms with Crippen molar-refractivity contribution in [2.24, 2.45) is 11.8 Å². The van der Waals surface area contributed by atoms with E-state index in [9.17, 15) is 32.3 Å². The molecule has 1 N–H and O–H groups in total. The normalized spacial score (nSPS) is 22.9. The van der Waals surface area contributed by atoms with Gasteiger partial charge in [-0.3, -0.25) is 4.79 Å². The van der Waals surface area contributed by atoms with Crippen molar-refractivity contribution in [3.8, 4) is 0 Å². The number of halogens is 4. The van der Waals surface area contributed by atoms with Gasteiger partial charge >= 0.3 is 12.2 Å². The lowest BCUT2D eigenvalue weighted by Crippen LogP contribution is -2.51. The highest BCUT2D eigenvalue weighted by molar-refractivity contribution is 5.80. The number of likely N-dealkylation sites (tertiary alicyclic amines) is 2. The molecule has 0 radical (unpaired) electrons. The number of alkyl halides is 3. The molecule has 5 atom stereocenters. The summed E-state index contributed by atoms with van der Waals surface area (Å²) in [6.07, 6.45) is -5.02. The van der Waals surface area contributed by atoms with E-state index in [2.05, 4.69) is 0 Å². The zero-order valence-electron chi connectivity index (χ0n) is 22.8. The molecular formula is C29H35F4N3O3. The SMILES string of the molecule is Cc1cc([C@@H](C)N(C)C(=O)N2CC[C@@H]3CN(C(=O)[C@H](C)O)CC3[C@@H]2c2ccc(F)cc2C)cc(C(F)(F)F)c1. The summed E-state index contributed by atoms with van der Waals surface area (Å²) in [5, 5.41) is 9.87. The highest BCUT2D eigenvalue weighted by Crippen LogP contribution is 2.45. The smallest absolute Gasteiger partial charge is 0.384 e. The number of rotatable bonds is 4. The molecule has 2 fully saturated rings. The van der Waals surface area contributed by atoms with Crippen LogP contribution in [0.3, 0.4) is 0 Å². The van der Waals surface area contributed by atoms with Crippen molar-refractivity contribution >= 4 is 11.9 Å². The summed E-state index contributed by atoms with van der Waals surface area (Å²) >= 11 is 0. The molecule has 10 heteroatoms. The van der Waals surface area contributed by atoms with E-state index in [-0.39, 0.29) is 23.8 Å². The van der Waals surface area contributed by atoms with Crippen molar-refractivity contribution in [1.29, 1.82) is 0 Å². The Labute approximate surface area is 226 Å². The lowest BCUT2D eigenvalue weighted by molar-refractivity contribution is -0.138. The molecule has 0 saturated carbocycles. The second kappa shape index (κ2) is 10.8. The standard InChI is InChI=1S/C29H35F4N3O3/c1-16-10-21(13-22(11-16)29(31,32)33)18(3)34(5)28(39)36-9-8-20-14-35(27(38)19(4)37)15-25(20)26(36)24-7-6-23(30)12-17(24)2/h6-7,10-13,18-20,25-26,37H,8-9,14-15H2,1-5H3/t18-,19+,20-,25?,26+/m1/s1. The number of amides is 3. The van der Waals surface area contributed by atoms with Crippen LogP contribution in [-0.4, -0.2) is 64.5 Å². The van der Waals surface area contributed by atoms with Gasteiger partial charge in [-0.25, -0.2) is 9.18 Å². The van der Waals surface area contributed by atoms with Gasteiger partial charge in [-0.1, -0.05) is 17.7 Å². The average molecular weight is 550 g/mol. The minimum atomic E-state index is -4.51. The molecule has 2 aliphatic heterocycles. The number of aliphatic hydroxyl groups is 1. The van der Waals surface area contributed by atoms with Crippen molar-refractivity contribution in [3.63, 3.8) is 0 Å². The molecular weight excluding hydrogens is 514 g/mol. The molecule has 2 aromatic rings. The van der Waals surface area contributed by atoms with Crippen LogP contribution in [-0.2, 0) is 11.0 Å². The summed E-state index contributed by atoms with van der Waals surface area (Å²) in [5.74, 6) is -0.832.